The maximum atomic E-state index is 2.39. The van der Waals surface area contributed by atoms with Crippen LogP contribution >= 0.6 is 0 Å². The molecule has 0 spiro atoms. The molecule has 2 rings (SSSR count). The summed E-state index contributed by atoms with van der Waals surface area (Å²) in [5, 5.41) is 0. The number of unbranched alkanes of at least 4 members (excludes halogenated alkanes) is 2. The molecular weight excluding hydrogens is 276 g/mol. The maximum Gasteiger partial charge on any atom is -0.00126 e. The van der Waals surface area contributed by atoms with Crippen LogP contribution in [0.25, 0.3) is 0 Å². The van der Waals surface area contributed by atoms with Crippen molar-refractivity contribution in [3.05, 3.63) is 44.6 Å². The third-order valence-electron chi connectivity index (χ3n) is 7.01. The first-order valence-electron chi connectivity index (χ1n) is 9.52. The van der Waals surface area contributed by atoms with E-state index in [2.05, 4.69) is 55.4 Å². The van der Waals surface area contributed by atoms with E-state index in [9.17, 15) is 0 Å². The molecule has 0 N–H and O–H groups in total. The Morgan fingerprint density at radius 1 is 0.522 bits per heavy atom. The van der Waals surface area contributed by atoms with E-state index < -0.39 is 0 Å². The molecule has 0 aromatic carbocycles. The molecule has 23 heavy (non-hydrogen) atoms. The summed E-state index contributed by atoms with van der Waals surface area (Å²) in [5.74, 6) is 1.37. The van der Waals surface area contributed by atoms with Gasteiger partial charge < -0.3 is 0 Å². The lowest BCUT2D eigenvalue weighted by Crippen LogP contribution is -1.99. The molecule has 2 unspecified atom stereocenters. The average molecular weight is 313 g/mol. The lowest BCUT2D eigenvalue weighted by Gasteiger charge is -2.14. The fourth-order valence-corrected chi connectivity index (χ4v) is 4.51. The lowest BCUT2D eigenvalue weighted by atomic mass is 9.91. The van der Waals surface area contributed by atoms with Crippen LogP contribution in [-0.4, -0.2) is 0 Å². The summed E-state index contributed by atoms with van der Waals surface area (Å²) in [5.41, 5.74) is 12.8. The van der Waals surface area contributed by atoms with Crippen molar-refractivity contribution in [1.29, 1.82) is 0 Å². The first kappa shape index (κ1) is 18.3. The quantitative estimate of drug-likeness (QED) is 0.444. The molecule has 0 heteroatoms. The monoisotopic (exact) mass is 312 g/mol. The number of rotatable bonds is 6. The van der Waals surface area contributed by atoms with Crippen molar-refractivity contribution in [2.24, 2.45) is 11.8 Å². The topological polar surface area (TPSA) is 0 Å². The Morgan fingerprint density at radius 3 is 1.13 bits per heavy atom. The Balaban J connectivity index is 1.78. The van der Waals surface area contributed by atoms with E-state index >= 15 is 0 Å². The van der Waals surface area contributed by atoms with Crippen LogP contribution < -0.4 is 0 Å². The van der Waals surface area contributed by atoms with Gasteiger partial charge in [0.05, 0.1) is 0 Å². The van der Waals surface area contributed by atoms with Gasteiger partial charge in [-0.1, -0.05) is 42.6 Å². The summed E-state index contributed by atoms with van der Waals surface area (Å²) in [6.07, 6.45) is 6.66. The van der Waals surface area contributed by atoms with E-state index in [1.54, 1.807) is 44.6 Å². The Morgan fingerprint density at radius 2 is 0.870 bits per heavy atom. The lowest BCUT2D eigenvalue weighted by molar-refractivity contribution is 0.622. The summed E-state index contributed by atoms with van der Waals surface area (Å²) in [7, 11) is 0. The molecule has 0 nitrogen and oxygen atoms in total. The molecule has 0 heterocycles. The van der Waals surface area contributed by atoms with E-state index in [-0.39, 0.29) is 0 Å². The van der Waals surface area contributed by atoms with Crippen molar-refractivity contribution in [3.8, 4) is 0 Å². The second-order valence-corrected chi connectivity index (χ2v) is 7.92. The SMILES string of the molecule is CC1=C(C)C(C)C(CCCCCC2=C(C)C(C)=C(C)C2C)=C1C. The van der Waals surface area contributed by atoms with Gasteiger partial charge in [-0.2, -0.15) is 0 Å². The molecular formula is C23H36. The summed E-state index contributed by atoms with van der Waals surface area (Å²) >= 11 is 0. The van der Waals surface area contributed by atoms with Crippen LogP contribution in [0.1, 0.15) is 87.5 Å². The van der Waals surface area contributed by atoms with Crippen molar-refractivity contribution in [1.82, 2.24) is 0 Å². The normalized spacial score (nSPS) is 25.6. The Bertz CT molecular complexity index is 550. The summed E-state index contributed by atoms with van der Waals surface area (Å²) < 4.78 is 0. The molecule has 0 aliphatic heterocycles. The van der Waals surface area contributed by atoms with Gasteiger partial charge in [-0.05, 0) is 101 Å². The van der Waals surface area contributed by atoms with E-state index in [4.69, 9.17) is 0 Å². The zero-order valence-corrected chi connectivity index (χ0v) is 16.7. The number of allylic oxidation sites excluding steroid dienone is 8. The second kappa shape index (κ2) is 7.24. The third kappa shape index (κ3) is 3.42. The fraction of sp³-hybridized carbons (Fsp3) is 0.652. The van der Waals surface area contributed by atoms with E-state index in [0.29, 0.717) is 11.8 Å². The highest BCUT2D eigenvalue weighted by Crippen LogP contribution is 2.40. The van der Waals surface area contributed by atoms with Crippen LogP contribution in [0.2, 0.25) is 0 Å². The molecule has 2 aliphatic carbocycles. The van der Waals surface area contributed by atoms with E-state index in [1.807, 2.05) is 0 Å². The molecule has 0 aromatic rings. The van der Waals surface area contributed by atoms with Crippen molar-refractivity contribution in [2.75, 3.05) is 0 Å². The van der Waals surface area contributed by atoms with Gasteiger partial charge in [-0.15, -0.1) is 0 Å². The van der Waals surface area contributed by atoms with Crippen LogP contribution in [0, 0.1) is 11.8 Å². The van der Waals surface area contributed by atoms with Gasteiger partial charge in [0.15, 0.2) is 0 Å². The molecule has 0 aromatic heterocycles. The Labute approximate surface area is 144 Å². The number of hydrogen-bond donors (Lipinski definition) is 0. The van der Waals surface area contributed by atoms with Gasteiger partial charge in [-0.25, -0.2) is 0 Å². The van der Waals surface area contributed by atoms with Crippen LogP contribution in [-0.2, 0) is 0 Å². The molecule has 0 radical (unpaired) electrons. The summed E-state index contributed by atoms with van der Waals surface area (Å²) in [6.45, 7) is 18.6. The predicted molar refractivity (Wildman–Crippen MR) is 104 cm³/mol. The molecule has 0 amide bonds. The van der Waals surface area contributed by atoms with Crippen molar-refractivity contribution >= 4 is 0 Å². The van der Waals surface area contributed by atoms with Gasteiger partial charge in [0.2, 0.25) is 0 Å². The molecule has 0 saturated carbocycles. The zero-order chi connectivity index (χ0) is 17.3. The minimum atomic E-state index is 0.685. The molecule has 0 saturated heterocycles. The van der Waals surface area contributed by atoms with E-state index in [0.717, 1.165) is 0 Å². The van der Waals surface area contributed by atoms with Gasteiger partial charge in [0.1, 0.15) is 0 Å². The highest BCUT2D eigenvalue weighted by Gasteiger charge is 2.24. The first-order valence-corrected chi connectivity index (χ1v) is 9.52. The van der Waals surface area contributed by atoms with Gasteiger partial charge in [0, 0.05) is 0 Å². The molecule has 0 bridgehead atoms. The summed E-state index contributed by atoms with van der Waals surface area (Å²) in [4.78, 5) is 0. The minimum absolute atomic E-state index is 0.685. The molecule has 2 atom stereocenters. The second-order valence-electron chi connectivity index (χ2n) is 7.92. The van der Waals surface area contributed by atoms with Crippen molar-refractivity contribution < 1.29 is 0 Å². The summed E-state index contributed by atoms with van der Waals surface area (Å²) in [6, 6.07) is 0. The van der Waals surface area contributed by atoms with Crippen LogP contribution in [0.5, 0.6) is 0 Å². The van der Waals surface area contributed by atoms with Crippen molar-refractivity contribution in [2.45, 2.75) is 87.5 Å². The molecule has 2 aliphatic rings. The zero-order valence-electron chi connectivity index (χ0n) is 16.7. The molecule has 128 valence electrons. The third-order valence-corrected chi connectivity index (χ3v) is 7.01. The highest BCUT2D eigenvalue weighted by atomic mass is 14.3. The smallest absolute Gasteiger partial charge is 0.00126 e. The fourth-order valence-electron chi connectivity index (χ4n) is 4.51. The first-order chi connectivity index (χ1) is 10.8. The van der Waals surface area contributed by atoms with Gasteiger partial charge in [-0.3, -0.25) is 0 Å². The van der Waals surface area contributed by atoms with Gasteiger partial charge >= 0.3 is 0 Å². The van der Waals surface area contributed by atoms with E-state index in [1.165, 1.54) is 32.1 Å². The largest absolute Gasteiger partial charge is 0.0632 e. The predicted octanol–water partition coefficient (Wildman–Crippen LogP) is 7.54. The Kier molecular flexibility index (Phi) is 5.76. The average Bonchev–Trinajstić information content (AvgIpc) is 2.83. The number of hydrogen-bond acceptors (Lipinski definition) is 0. The van der Waals surface area contributed by atoms with Crippen molar-refractivity contribution in [3.63, 3.8) is 0 Å². The minimum Gasteiger partial charge on any atom is -0.0632 e. The maximum absolute atomic E-state index is 2.39. The Hall–Kier alpha value is -1.04. The highest BCUT2D eigenvalue weighted by molar-refractivity contribution is 5.47. The van der Waals surface area contributed by atoms with Crippen LogP contribution in [0.3, 0.4) is 0 Å². The van der Waals surface area contributed by atoms with Crippen LogP contribution in [0.15, 0.2) is 44.6 Å². The van der Waals surface area contributed by atoms with Crippen LogP contribution in [0.4, 0.5) is 0 Å². The van der Waals surface area contributed by atoms with Gasteiger partial charge in [0.25, 0.3) is 0 Å². The molecule has 0 fully saturated rings. The standard InChI is InChI=1S/C23H36/c1-14-15(2)19(6)22(18(14)5)12-10-9-11-13-23-20(7)16(3)17(4)21(23)8/h18,20H,9-13H2,1-8H3.